The summed E-state index contributed by atoms with van der Waals surface area (Å²) in [6.45, 7) is 1.80. The summed E-state index contributed by atoms with van der Waals surface area (Å²) in [6.07, 6.45) is 4.00. The number of amides is 1. The fourth-order valence-corrected chi connectivity index (χ4v) is 3.26. The Labute approximate surface area is 125 Å². The predicted octanol–water partition coefficient (Wildman–Crippen LogP) is 0.547. The molecule has 1 saturated carbocycles. The summed E-state index contributed by atoms with van der Waals surface area (Å²) in [5, 5.41) is 11.9. The summed E-state index contributed by atoms with van der Waals surface area (Å²) in [7, 11) is 0. The Morgan fingerprint density at radius 3 is 3.10 bits per heavy atom. The number of carbonyl (C=O) groups excluding carboxylic acids is 1. The number of carbonyl (C=O) groups is 1. The molecule has 0 atom stereocenters. The second-order valence-electron chi connectivity index (χ2n) is 5.32. The van der Waals surface area contributed by atoms with Crippen LogP contribution in [0.2, 0.25) is 0 Å². The molecule has 1 amide bonds. The van der Waals surface area contributed by atoms with E-state index < -0.39 is 0 Å². The third kappa shape index (κ3) is 2.33. The largest absolute Gasteiger partial charge is 0.382 e. The first-order chi connectivity index (χ1) is 10.2. The summed E-state index contributed by atoms with van der Waals surface area (Å²) < 4.78 is 1.96. The molecule has 3 N–H and O–H groups in total. The molecule has 1 fully saturated rings. The Morgan fingerprint density at radius 1 is 1.43 bits per heavy atom. The van der Waals surface area contributed by atoms with Gasteiger partial charge in [0.25, 0.3) is 5.91 Å². The molecule has 2 aliphatic rings. The van der Waals surface area contributed by atoms with E-state index in [2.05, 4.69) is 20.5 Å². The molecule has 0 bridgehead atoms. The van der Waals surface area contributed by atoms with Gasteiger partial charge in [-0.3, -0.25) is 4.79 Å². The highest BCUT2D eigenvalue weighted by atomic mass is 32.1. The Morgan fingerprint density at radius 2 is 2.29 bits per heavy atom. The van der Waals surface area contributed by atoms with Crippen LogP contribution < -0.4 is 11.1 Å². The van der Waals surface area contributed by atoms with Gasteiger partial charge >= 0.3 is 0 Å². The number of hydrogen-bond acceptors (Lipinski definition) is 7. The third-order valence-electron chi connectivity index (χ3n) is 3.68. The van der Waals surface area contributed by atoms with Crippen molar-refractivity contribution in [3.8, 4) is 0 Å². The van der Waals surface area contributed by atoms with Crippen LogP contribution in [0.3, 0.4) is 0 Å². The maximum atomic E-state index is 12.6. The smallest absolute Gasteiger partial charge is 0.268 e. The van der Waals surface area contributed by atoms with Crippen LogP contribution in [0.1, 0.15) is 28.3 Å². The lowest BCUT2D eigenvalue weighted by Gasteiger charge is -2.26. The zero-order valence-corrected chi connectivity index (χ0v) is 12.1. The zero-order chi connectivity index (χ0) is 14.4. The van der Waals surface area contributed by atoms with Crippen LogP contribution in [-0.2, 0) is 13.1 Å². The molecular formula is C12H15N7OS. The van der Waals surface area contributed by atoms with E-state index in [-0.39, 0.29) is 5.91 Å². The molecule has 0 saturated heterocycles. The van der Waals surface area contributed by atoms with Gasteiger partial charge in [0.05, 0.1) is 6.54 Å². The average Bonchev–Trinajstić information content (AvgIpc) is 3.03. The van der Waals surface area contributed by atoms with Crippen molar-refractivity contribution >= 4 is 28.2 Å². The monoisotopic (exact) mass is 305 g/mol. The number of nitrogens with zero attached hydrogens (tertiary/aromatic N) is 5. The molecule has 1 aliphatic heterocycles. The van der Waals surface area contributed by atoms with Crippen molar-refractivity contribution in [1.29, 1.82) is 0 Å². The molecule has 2 aromatic heterocycles. The van der Waals surface area contributed by atoms with Gasteiger partial charge in [-0.1, -0.05) is 11.3 Å². The molecule has 3 heterocycles. The number of nitrogens with two attached hydrogens (primary N) is 1. The Balaban J connectivity index is 1.53. The van der Waals surface area contributed by atoms with Crippen LogP contribution in [0.5, 0.6) is 0 Å². The average molecular weight is 305 g/mol. The SMILES string of the molecule is Nc1nc(NC2CC2)sc1C(=O)N1CCn2cnnc2C1. The maximum absolute atomic E-state index is 12.6. The minimum absolute atomic E-state index is 0.0805. The summed E-state index contributed by atoms with van der Waals surface area (Å²) >= 11 is 1.33. The van der Waals surface area contributed by atoms with Gasteiger partial charge in [-0.2, -0.15) is 0 Å². The van der Waals surface area contributed by atoms with Gasteiger partial charge in [0.2, 0.25) is 0 Å². The van der Waals surface area contributed by atoms with E-state index >= 15 is 0 Å². The first kappa shape index (κ1) is 12.6. The van der Waals surface area contributed by atoms with Crippen LogP contribution >= 0.6 is 11.3 Å². The van der Waals surface area contributed by atoms with Crippen LogP contribution in [0, 0.1) is 0 Å². The van der Waals surface area contributed by atoms with Crippen molar-refractivity contribution in [3.05, 3.63) is 17.0 Å². The molecule has 4 rings (SSSR count). The molecule has 0 aromatic carbocycles. The fourth-order valence-electron chi connectivity index (χ4n) is 2.33. The number of aromatic nitrogens is 4. The molecular weight excluding hydrogens is 290 g/mol. The standard InChI is InChI=1S/C12H15N7OS/c13-10-9(21-12(16-10)15-7-1-2-7)11(20)18-3-4-19-6-14-17-8(19)5-18/h6-7H,1-5,13H2,(H,15,16). The fraction of sp³-hybridized carbons (Fsp3) is 0.500. The number of anilines is 2. The maximum Gasteiger partial charge on any atom is 0.268 e. The molecule has 21 heavy (non-hydrogen) atoms. The Kier molecular flexibility index (Phi) is 2.81. The number of fused-ring (bicyclic) bond motifs is 1. The van der Waals surface area contributed by atoms with E-state index in [9.17, 15) is 4.79 Å². The van der Waals surface area contributed by atoms with Crippen LogP contribution in [0.25, 0.3) is 0 Å². The zero-order valence-electron chi connectivity index (χ0n) is 11.3. The van der Waals surface area contributed by atoms with Gasteiger partial charge in [-0.15, -0.1) is 10.2 Å². The van der Waals surface area contributed by atoms with Gasteiger partial charge in [0.1, 0.15) is 17.0 Å². The number of thiazole rings is 1. The highest BCUT2D eigenvalue weighted by molar-refractivity contribution is 7.18. The predicted molar refractivity (Wildman–Crippen MR) is 77.9 cm³/mol. The van der Waals surface area contributed by atoms with Gasteiger partial charge in [-0.25, -0.2) is 4.98 Å². The third-order valence-corrected chi connectivity index (χ3v) is 4.67. The number of nitrogens with one attached hydrogen (secondary N) is 1. The second kappa shape index (κ2) is 4.69. The quantitative estimate of drug-likeness (QED) is 0.858. The molecule has 9 heteroatoms. The van der Waals surface area contributed by atoms with Crippen LogP contribution in [-0.4, -0.2) is 43.1 Å². The topological polar surface area (TPSA) is 102 Å². The molecule has 1 aliphatic carbocycles. The highest BCUT2D eigenvalue weighted by Crippen LogP contribution is 2.31. The lowest BCUT2D eigenvalue weighted by atomic mass is 10.3. The summed E-state index contributed by atoms with van der Waals surface area (Å²) in [6, 6.07) is 0.493. The van der Waals surface area contributed by atoms with Gasteiger partial charge in [0, 0.05) is 19.1 Å². The van der Waals surface area contributed by atoms with Gasteiger partial charge in [-0.05, 0) is 12.8 Å². The number of rotatable bonds is 3. The molecule has 0 radical (unpaired) electrons. The number of hydrogen-bond donors (Lipinski definition) is 2. The van der Waals surface area contributed by atoms with Crippen molar-refractivity contribution in [2.75, 3.05) is 17.6 Å². The van der Waals surface area contributed by atoms with E-state index in [0.29, 0.717) is 36.4 Å². The molecule has 0 spiro atoms. The Hall–Kier alpha value is -2.16. The molecule has 110 valence electrons. The van der Waals surface area contributed by atoms with Crippen molar-refractivity contribution in [1.82, 2.24) is 24.6 Å². The van der Waals surface area contributed by atoms with Gasteiger partial charge < -0.3 is 20.5 Å². The van der Waals surface area contributed by atoms with Crippen molar-refractivity contribution < 1.29 is 4.79 Å². The van der Waals surface area contributed by atoms with E-state index in [1.54, 1.807) is 11.2 Å². The normalized spacial score (nSPS) is 17.6. The lowest BCUT2D eigenvalue weighted by molar-refractivity contribution is 0.0713. The van der Waals surface area contributed by atoms with E-state index in [0.717, 1.165) is 23.8 Å². The van der Waals surface area contributed by atoms with E-state index in [1.807, 2.05) is 4.57 Å². The van der Waals surface area contributed by atoms with E-state index in [4.69, 9.17) is 5.73 Å². The summed E-state index contributed by atoms with van der Waals surface area (Å²) in [4.78, 5) is 19.1. The first-order valence-corrected chi connectivity index (χ1v) is 7.71. The molecule has 8 nitrogen and oxygen atoms in total. The number of nitrogen functional groups attached to an aromatic ring is 1. The van der Waals surface area contributed by atoms with Crippen molar-refractivity contribution in [2.45, 2.75) is 32.0 Å². The summed E-state index contributed by atoms with van der Waals surface area (Å²) in [5.74, 6) is 1.03. The first-order valence-electron chi connectivity index (χ1n) is 6.89. The van der Waals surface area contributed by atoms with Crippen LogP contribution in [0.15, 0.2) is 6.33 Å². The summed E-state index contributed by atoms with van der Waals surface area (Å²) in [5.41, 5.74) is 5.90. The van der Waals surface area contributed by atoms with Crippen LogP contribution in [0.4, 0.5) is 10.9 Å². The van der Waals surface area contributed by atoms with Gasteiger partial charge in [0.15, 0.2) is 11.0 Å². The highest BCUT2D eigenvalue weighted by Gasteiger charge is 2.28. The lowest BCUT2D eigenvalue weighted by Crippen LogP contribution is -2.38. The minimum Gasteiger partial charge on any atom is -0.382 e. The van der Waals surface area contributed by atoms with E-state index in [1.165, 1.54) is 11.3 Å². The second-order valence-corrected chi connectivity index (χ2v) is 6.32. The van der Waals surface area contributed by atoms with Crippen molar-refractivity contribution in [2.24, 2.45) is 0 Å². The molecule has 0 unspecified atom stereocenters. The minimum atomic E-state index is -0.0805. The molecule has 2 aromatic rings. The van der Waals surface area contributed by atoms with Crippen molar-refractivity contribution in [3.63, 3.8) is 0 Å². The Bertz CT molecular complexity index is 690.